The van der Waals surface area contributed by atoms with Gasteiger partial charge in [0, 0.05) is 43.6 Å². The Bertz CT molecular complexity index is 423. The minimum atomic E-state index is -0.855. The smallest absolute Gasteiger partial charge is 0.241 e. The van der Waals surface area contributed by atoms with E-state index >= 15 is 0 Å². The molecule has 2 rings (SSSR count). The fourth-order valence-electron chi connectivity index (χ4n) is 3.58. The van der Waals surface area contributed by atoms with Gasteiger partial charge in [-0.3, -0.25) is 9.69 Å². The number of morpholine rings is 1. The maximum absolute atomic E-state index is 12.8. The first-order chi connectivity index (χ1) is 10.7. The zero-order valence-corrected chi connectivity index (χ0v) is 15.2. The van der Waals surface area contributed by atoms with Gasteiger partial charge in [0.25, 0.3) is 0 Å². The third-order valence-electron chi connectivity index (χ3n) is 5.94. The summed E-state index contributed by atoms with van der Waals surface area (Å²) < 4.78 is 11.1. The molecule has 1 saturated heterocycles. The van der Waals surface area contributed by atoms with Crippen LogP contribution >= 0.6 is 0 Å². The van der Waals surface area contributed by atoms with Crippen molar-refractivity contribution in [2.75, 3.05) is 32.9 Å². The van der Waals surface area contributed by atoms with Gasteiger partial charge in [-0.1, -0.05) is 13.8 Å². The molecule has 6 nitrogen and oxygen atoms in total. The zero-order chi connectivity index (χ0) is 17.3. The predicted molar refractivity (Wildman–Crippen MR) is 90.2 cm³/mol. The molecule has 0 aromatic heterocycles. The summed E-state index contributed by atoms with van der Waals surface area (Å²) in [4.78, 5) is 15.1. The summed E-state index contributed by atoms with van der Waals surface area (Å²) in [5.74, 6) is -0.0638. The van der Waals surface area contributed by atoms with E-state index in [2.05, 4.69) is 17.1 Å². The fourth-order valence-corrected chi connectivity index (χ4v) is 3.58. The van der Waals surface area contributed by atoms with Gasteiger partial charge in [-0.2, -0.15) is 0 Å². The molecule has 23 heavy (non-hydrogen) atoms. The minimum absolute atomic E-state index is 0.0444. The van der Waals surface area contributed by atoms with Gasteiger partial charge in [0.1, 0.15) is 5.54 Å². The highest BCUT2D eigenvalue weighted by atomic mass is 16.5. The molecule has 0 bridgehead atoms. The van der Waals surface area contributed by atoms with E-state index in [1.807, 2.05) is 27.7 Å². The first-order valence-corrected chi connectivity index (χ1v) is 8.77. The number of hydrogen-bond acceptors (Lipinski definition) is 5. The molecule has 1 saturated carbocycles. The topological polar surface area (TPSA) is 76.8 Å². The van der Waals surface area contributed by atoms with Crippen LogP contribution in [0.4, 0.5) is 0 Å². The van der Waals surface area contributed by atoms with E-state index in [0.29, 0.717) is 13.0 Å². The minimum Gasteiger partial charge on any atom is -0.379 e. The van der Waals surface area contributed by atoms with Gasteiger partial charge in [0.05, 0.1) is 19.3 Å². The lowest BCUT2D eigenvalue weighted by molar-refractivity contribution is -0.171. The molecule has 0 radical (unpaired) electrons. The molecule has 0 aromatic carbocycles. The number of nitrogens with zero attached hydrogens (tertiary/aromatic N) is 1. The number of rotatable bonds is 6. The van der Waals surface area contributed by atoms with Gasteiger partial charge >= 0.3 is 0 Å². The van der Waals surface area contributed by atoms with E-state index in [4.69, 9.17) is 15.2 Å². The van der Waals surface area contributed by atoms with Crippen LogP contribution in [0.1, 0.15) is 41.0 Å². The van der Waals surface area contributed by atoms with Crippen molar-refractivity contribution < 1.29 is 14.3 Å². The van der Waals surface area contributed by atoms with E-state index in [-0.39, 0.29) is 29.5 Å². The summed E-state index contributed by atoms with van der Waals surface area (Å²) in [6.45, 7) is 14.2. The molecule has 1 heterocycles. The van der Waals surface area contributed by atoms with E-state index in [0.717, 1.165) is 26.3 Å². The second-order valence-electron chi connectivity index (χ2n) is 7.49. The molecule has 1 amide bonds. The van der Waals surface area contributed by atoms with Crippen LogP contribution in [-0.2, 0) is 14.3 Å². The Hall–Kier alpha value is -0.690. The van der Waals surface area contributed by atoms with Crippen molar-refractivity contribution in [1.29, 1.82) is 0 Å². The van der Waals surface area contributed by atoms with Crippen molar-refractivity contribution in [3.8, 4) is 0 Å². The molecule has 6 heteroatoms. The van der Waals surface area contributed by atoms with Gasteiger partial charge in [-0.05, 0) is 20.8 Å². The second-order valence-corrected chi connectivity index (χ2v) is 7.49. The predicted octanol–water partition coefficient (Wildman–Crippen LogP) is 0.744. The summed E-state index contributed by atoms with van der Waals surface area (Å²) in [6.07, 6.45) is 0.633. The van der Waals surface area contributed by atoms with E-state index in [1.54, 1.807) is 0 Å². The summed E-state index contributed by atoms with van der Waals surface area (Å²) in [7, 11) is 0. The van der Waals surface area contributed by atoms with E-state index in [1.165, 1.54) is 0 Å². The molecule has 4 unspecified atom stereocenters. The van der Waals surface area contributed by atoms with Gasteiger partial charge in [0.2, 0.25) is 5.91 Å². The lowest BCUT2D eigenvalue weighted by Crippen LogP contribution is -2.76. The first kappa shape index (κ1) is 18.6. The SMILES string of the molecule is CCOC1CC(N)(C(=O)NC(C)C(C)N2CCOCC2)C1(C)C. The molecular formula is C17H33N3O3. The summed E-state index contributed by atoms with van der Waals surface area (Å²) in [6, 6.07) is 0.306. The highest BCUT2D eigenvalue weighted by Crippen LogP contribution is 2.49. The highest BCUT2D eigenvalue weighted by molar-refractivity contribution is 5.89. The largest absolute Gasteiger partial charge is 0.379 e. The van der Waals surface area contributed by atoms with Gasteiger partial charge in [-0.15, -0.1) is 0 Å². The number of carbonyl (C=O) groups excluding carboxylic acids is 1. The molecule has 0 spiro atoms. The van der Waals surface area contributed by atoms with Crippen molar-refractivity contribution in [2.45, 2.75) is 64.8 Å². The Balaban J connectivity index is 1.93. The number of hydrogen-bond donors (Lipinski definition) is 2. The fraction of sp³-hybridized carbons (Fsp3) is 0.941. The average molecular weight is 327 g/mol. The molecule has 3 N–H and O–H groups in total. The van der Waals surface area contributed by atoms with Crippen molar-refractivity contribution in [3.63, 3.8) is 0 Å². The Morgan fingerprint density at radius 2 is 2.00 bits per heavy atom. The van der Waals surface area contributed by atoms with Gasteiger partial charge < -0.3 is 20.5 Å². The Morgan fingerprint density at radius 3 is 2.52 bits per heavy atom. The van der Waals surface area contributed by atoms with Gasteiger partial charge in [-0.25, -0.2) is 0 Å². The van der Waals surface area contributed by atoms with Crippen LogP contribution in [0.2, 0.25) is 0 Å². The Morgan fingerprint density at radius 1 is 1.39 bits per heavy atom. The number of amides is 1. The first-order valence-electron chi connectivity index (χ1n) is 8.77. The Labute approximate surface area is 140 Å². The lowest BCUT2D eigenvalue weighted by atomic mass is 9.54. The lowest BCUT2D eigenvalue weighted by Gasteiger charge is -2.58. The van der Waals surface area contributed by atoms with E-state index < -0.39 is 5.54 Å². The third-order valence-corrected chi connectivity index (χ3v) is 5.94. The van der Waals surface area contributed by atoms with Crippen LogP contribution < -0.4 is 11.1 Å². The quantitative estimate of drug-likeness (QED) is 0.753. The van der Waals surface area contributed by atoms with E-state index in [9.17, 15) is 4.79 Å². The van der Waals surface area contributed by atoms with Crippen molar-refractivity contribution in [2.24, 2.45) is 11.1 Å². The number of nitrogens with one attached hydrogen (secondary N) is 1. The maximum Gasteiger partial charge on any atom is 0.241 e. The normalized spacial score (nSPS) is 33.6. The molecule has 0 aromatic rings. The maximum atomic E-state index is 12.8. The average Bonchev–Trinajstić information content (AvgIpc) is 2.54. The molecular weight excluding hydrogens is 294 g/mol. The molecule has 1 aliphatic carbocycles. The number of nitrogens with two attached hydrogens (primary N) is 1. The molecule has 1 aliphatic heterocycles. The molecule has 2 fully saturated rings. The Kier molecular flexibility index (Phi) is 5.72. The molecule has 2 aliphatic rings. The van der Waals surface area contributed by atoms with Crippen LogP contribution in [0, 0.1) is 5.41 Å². The summed E-state index contributed by atoms with van der Waals surface area (Å²) in [5, 5.41) is 3.14. The van der Waals surface area contributed by atoms with Crippen LogP contribution in [0.25, 0.3) is 0 Å². The van der Waals surface area contributed by atoms with Crippen LogP contribution in [0.15, 0.2) is 0 Å². The van der Waals surface area contributed by atoms with Crippen LogP contribution in [0.5, 0.6) is 0 Å². The van der Waals surface area contributed by atoms with Crippen molar-refractivity contribution in [3.05, 3.63) is 0 Å². The third kappa shape index (κ3) is 3.40. The second kappa shape index (κ2) is 7.05. The zero-order valence-electron chi connectivity index (χ0n) is 15.2. The van der Waals surface area contributed by atoms with Gasteiger partial charge in [0.15, 0.2) is 0 Å². The molecule has 134 valence electrons. The monoisotopic (exact) mass is 327 g/mol. The summed E-state index contributed by atoms with van der Waals surface area (Å²) >= 11 is 0. The van der Waals surface area contributed by atoms with Crippen molar-refractivity contribution >= 4 is 5.91 Å². The van der Waals surface area contributed by atoms with Crippen LogP contribution in [-0.4, -0.2) is 67.4 Å². The number of carbonyl (C=O) groups is 1. The van der Waals surface area contributed by atoms with Crippen molar-refractivity contribution in [1.82, 2.24) is 10.2 Å². The molecule has 4 atom stereocenters. The summed E-state index contributed by atoms with van der Waals surface area (Å²) in [5.41, 5.74) is 5.24. The standard InChI is InChI=1S/C17H33N3O3/c1-6-23-14-11-17(18,16(14,4)5)15(21)19-12(2)13(3)20-7-9-22-10-8-20/h12-14H,6-11,18H2,1-5H3,(H,19,21). The highest BCUT2D eigenvalue weighted by Gasteiger charge is 2.63. The number of ether oxygens (including phenoxy) is 2. The van der Waals surface area contributed by atoms with Crippen LogP contribution in [0.3, 0.4) is 0 Å².